The third-order valence-corrected chi connectivity index (χ3v) is 5.70. The van der Waals surface area contributed by atoms with Crippen LogP contribution in [0.2, 0.25) is 0 Å². The summed E-state index contributed by atoms with van der Waals surface area (Å²) in [5, 5.41) is 6.64. The first-order chi connectivity index (χ1) is 12.1. The van der Waals surface area contributed by atoms with E-state index >= 15 is 0 Å². The third-order valence-electron chi connectivity index (χ3n) is 5.70. The zero-order chi connectivity index (χ0) is 17.3. The number of hydrogen-bond donors (Lipinski definition) is 1. The average molecular weight is 338 g/mol. The van der Waals surface area contributed by atoms with Crippen LogP contribution in [0, 0.1) is 12.3 Å². The Kier molecular flexibility index (Phi) is 4.34. The molecule has 1 aromatic heterocycles. The monoisotopic (exact) mass is 338 g/mol. The largest absolute Gasteiger partial charge is 0.338 e. The molecule has 1 atom stereocenters. The maximum atomic E-state index is 12.6. The van der Waals surface area contributed by atoms with Gasteiger partial charge in [-0.3, -0.25) is 14.8 Å². The molecule has 132 valence electrons. The van der Waals surface area contributed by atoms with E-state index < -0.39 is 0 Å². The van der Waals surface area contributed by atoms with E-state index in [0.717, 1.165) is 39.1 Å². The normalized spacial score (nSPS) is 24.1. The van der Waals surface area contributed by atoms with Gasteiger partial charge >= 0.3 is 0 Å². The highest BCUT2D eigenvalue weighted by molar-refractivity contribution is 5.93. The number of benzene rings is 1. The Morgan fingerprint density at radius 3 is 3.00 bits per heavy atom. The quantitative estimate of drug-likeness (QED) is 0.936. The van der Waals surface area contributed by atoms with Crippen molar-refractivity contribution in [3.63, 3.8) is 0 Å². The summed E-state index contributed by atoms with van der Waals surface area (Å²) < 4.78 is 0. The Labute approximate surface area is 149 Å². The molecule has 0 unspecified atom stereocenters. The number of hydrogen-bond acceptors (Lipinski definition) is 3. The fourth-order valence-electron chi connectivity index (χ4n) is 4.51. The lowest BCUT2D eigenvalue weighted by Gasteiger charge is -2.40. The number of nitrogens with zero attached hydrogens (tertiary/aromatic N) is 3. The topological polar surface area (TPSA) is 52.2 Å². The van der Waals surface area contributed by atoms with Gasteiger partial charge in [-0.15, -0.1) is 0 Å². The first-order valence-electron chi connectivity index (χ1n) is 9.20. The standard InChI is InChI=1S/C20H26N4O/c1-16-4-2-5-17(10-16)13-23-8-3-6-20(14-23)7-9-24(15-20)19(25)18-11-21-22-12-18/h2,4-5,10-12H,3,6-9,13-15H2,1H3,(H,21,22)/t20-/m0/s1. The Balaban J connectivity index is 1.41. The number of H-pyrrole nitrogens is 1. The second-order valence-electron chi connectivity index (χ2n) is 7.77. The van der Waals surface area contributed by atoms with Gasteiger partial charge in [0, 0.05) is 37.8 Å². The summed E-state index contributed by atoms with van der Waals surface area (Å²) in [6.07, 6.45) is 6.88. The summed E-state index contributed by atoms with van der Waals surface area (Å²) in [5.74, 6) is 0.112. The van der Waals surface area contributed by atoms with Crippen molar-refractivity contribution in [2.75, 3.05) is 26.2 Å². The zero-order valence-electron chi connectivity index (χ0n) is 14.9. The van der Waals surface area contributed by atoms with E-state index in [2.05, 4.69) is 46.3 Å². The van der Waals surface area contributed by atoms with Gasteiger partial charge in [-0.25, -0.2) is 0 Å². The van der Waals surface area contributed by atoms with Gasteiger partial charge in [0.1, 0.15) is 0 Å². The van der Waals surface area contributed by atoms with Crippen LogP contribution in [0.3, 0.4) is 0 Å². The highest BCUT2D eigenvalue weighted by atomic mass is 16.2. The molecule has 4 rings (SSSR count). The molecule has 2 fully saturated rings. The predicted molar refractivity (Wildman–Crippen MR) is 97.2 cm³/mol. The van der Waals surface area contributed by atoms with Crippen LogP contribution in [-0.2, 0) is 6.54 Å². The predicted octanol–water partition coefficient (Wildman–Crippen LogP) is 2.85. The second-order valence-corrected chi connectivity index (χ2v) is 7.77. The lowest BCUT2D eigenvalue weighted by molar-refractivity contribution is 0.0675. The van der Waals surface area contributed by atoms with Crippen molar-refractivity contribution in [3.8, 4) is 0 Å². The summed E-state index contributed by atoms with van der Waals surface area (Å²) in [7, 11) is 0. The van der Waals surface area contributed by atoms with E-state index in [1.54, 1.807) is 12.4 Å². The smallest absolute Gasteiger partial charge is 0.257 e. The number of likely N-dealkylation sites (tertiary alicyclic amines) is 2. The lowest BCUT2D eigenvalue weighted by Crippen LogP contribution is -2.45. The first-order valence-corrected chi connectivity index (χ1v) is 9.20. The molecular weight excluding hydrogens is 312 g/mol. The van der Waals surface area contributed by atoms with Crippen LogP contribution in [0.4, 0.5) is 0 Å². The maximum Gasteiger partial charge on any atom is 0.257 e. The number of rotatable bonds is 3. The highest BCUT2D eigenvalue weighted by Crippen LogP contribution is 2.39. The lowest BCUT2D eigenvalue weighted by atomic mass is 9.79. The number of carbonyl (C=O) groups is 1. The van der Waals surface area contributed by atoms with Crippen molar-refractivity contribution in [2.45, 2.75) is 32.7 Å². The summed E-state index contributed by atoms with van der Waals surface area (Å²) in [6, 6.07) is 8.80. The van der Waals surface area contributed by atoms with Crippen LogP contribution >= 0.6 is 0 Å². The van der Waals surface area contributed by atoms with Gasteiger partial charge in [0.2, 0.25) is 0 Å². The molecule has 0 saturated carbocycles. The van der Waals surface area contributed by atoms with Crippen LogP contribution in [-0.4, -0.2) is 52.1 Å². The van der Waals surface area contributed by atoms with Gasteiger partial charge in [0.25, 0.3) is 5.91 Å². The molecule has 3 heterocycles. The minimum atomic E-state index is 0.112. The van der Waals surface area contributed by atoms with Crippen molar-refractivity contribution in [1.29, 1.82) is 0 Å². The number of aryl methyl sites for hydroxylation is 1. The summed E-state index contributed by atoms with van der Waals surface area (Å²) in [5.41, 5.74) is 3.65. The molecule has 1 amide bonds. The Morgan fingerprint density at radius 2 is 2.20 bits per heavy atom. The molecule has 2 saturated heterocycles. The Hall–Kier alpha value is -2.14. The Bertz CT molecular complexity index is 742. The van der Waals surface area contributed by atoms with Crippen LogP contribution in [0.25, 0.3) is 0 Å². The van der Waals surface area contributed by atoms with Crippen molar-refractivity contribution in [3.05, 3.63) is 53.3 Å². The third kappa shape index (κ3) is 3.47. The Morgan fingerprint density at radius 1 is 1.28 bits per heavy atom. The molecule has 5 nitrogen and oxygen atoms in total. The summed E-state index contributed by atoms with van der Waals surface area (Å²) in [6.45, 7) is 7.15. The fourth-order valence-corrected chi connectivity index (χ4v) is 4.51. The second kappa shape index (κ2) is 6.64. The molecule has 0 bridgehead atoms. The van der Waals surface area contributed by atoms with E-state index in [1.165, 1.54) is 24.0 Å². The van der Waals surface area contributed by atoms with Crippen molar-refractivity contribution >= 4 is 5.91 Å². The van der Waals surface area contributed by atoms with Crippen molar-refractivity contribution in [2.24, 2.45) is 5.41 Å². The van der Waals surface area contributed by atoms with Crippen LogP contribution in [0.5, 0.6) is 0 Å². The van der Waals surface area contributed by atoms with Gasteiger partial charge < -0.3 is 4.90 Å². The highest BCUT2D eigenvalue weighted by Gasteiger charge is 2.42. The maximum absolute atomic E-state index is 12.6. The van der Waals surface area contributed by atoms with Gasteiger partial charge in [0.05, 0.1) is 11.8 Å². The number of nitrogens with one attached hydrogen (secondary N) is 1. The van der Waals surface area contributed by atoms with Crippen molar-refractivity contribution < 1.29 is 4.79 Å². The van der Waals surface area contributed by atoms with E-state index in [-0.39, 0.29) is 11.3 Å². The molecule has 2 aliphatic heterocycles. The van der Waals surface area contributed by atoms with E-state index in [9.17, 15) is 4.79 Å². The number of aromatic nitrogens is 2. The van der Waals surface area contributed by atoms with Crippen LogP contribution in [0.15, 0.2) is 36.7 Å². The van der Waals surface area contributed by atoms with Gasteiger partial charge in [0.15, 0.2) is 0 Å². The molecular formula is C20H26N4O. The van der Waals surface area contributed by atoms with Crippen molar-refractivity contribution in [1.82, 2.24) is 20.0 Å². The van der Waals surface area contributed by atoms with Crippen LogP contribution < -0.4 is 0 Å². The minimum Gasteiger partial charge on any atom is -0.338 e. The van der Waals surface area contributed by atoms with Crippen LogP contribution in [0.1, 0.15) is 40.7 Å². The summed E-state index contributed by atoms with van der Waals surface area (Å²) in [4.78, 5) is 17.2. The number of carbonyl (C=O) groups excluding carboxylic acids is 1. The molecule has 2 aliphatic rings. The van der Waals surface area contributed by atoms with Gasteiger partial charge in [-0.2, -0.15) is 5.10 Å². The number of aromatic amines is 1. The molecule has 0 radical (unpaired) electrons. The SMILES string of the molecule is Cc1cccc(CN2CCC[C@]3(CCN(C(=O)c4cn[nH]c4)C3)C2)c1. The summed E-state index contributed by atoms with van der Waals surface area (Å²) >= 11 is 0. The molecule has 1 aromatic carbocycles. The molecule has 5 heteroatoms. The molecule has 1 spiro atoms. The van der Waals surface area contributed by atoms with E-state index in [1.807, 2.05) is 4.90 Å². The average Bonchev–Trinajstić information content (AvgIpc) is 3.25. The van der Waals surface area contributed by atoms with E-state index in [4.69, 9.17) is 0 Å². The van der Waals surface area contributed by atoms with Gasteiger partial charge in [-0.1, -0.05) is 29.8 Å². The van der Waals surface area contributed by atoms with Gasteiger partial charge in [-0.05, 0) is 38.3 Å². The number of piperidine rings is 1. The fraction of sp³-hybridized carbons (Fsp3) is 0.500. The first kappa shape index (κ1) is 16.3. The molecule has 0 aliphatic carbocycles. The molecule has 1 N–H and O–H groups in total. The number of amides is 1. The van der Waals surface area contributed by atoms with E-state index in [0.29, 0.717) is 5.56 Å². The zero-order valence-corrected chi connectivity index (χ0v) is 14.9. The minimum absolute atomic E-state index is 0.112. The molecule has 25 heavy (non-hydrogen) atoms. The molecule has 2 aromatic rings.